The van der Waals surface area contributed by atoms with Crippen LogP contribution in [0.3, 0.4) is 0 Å². The van der Waals surface area contributed by atoms with Gasteiger partial charge in [-0.1, -0.05) is 59.1 Å². The van der Waals surface area contributed by atoms with Gasteiger partial charge < -0.3 is 9.80 Å². The van der Waals surface area contributed by atoms with Crippen LogP contribution in [0.15, 0.2) is 0 Å². The quantitative estimate of drug-likeness (QED) is 0.195. The van der Waals surface area contributed by atoms with Crippen LogP contribution in [0.25, 0.3) is 0 Å². The molecule has 2 fully saturated rings. The highest BCUT2D eigenvalue weighted by Gasteiger charge is 2.51. The molecule has 2 heterocycles. The van der Waals surface area contributed by atoms with Gasteiger partial charge in [-0.2, -0.15) is 25.3 Å². The van der Waals surface area contributed by atoms with Gasteiger partial charge in [-0.15, -0.1) is 0 Å². The predicted molar refractivity (Wildman–Crippen MR) is 164 cm³/mol. The lowest BCUT2D eigenvalue weighted by atomic mass is 9.81. The molecule has 6 nitrogen and oxygen atoms in total. The summed E-state index contributed by atoms with van der Waals surface area (Å²) in [4.78, 5) is 34.5. The molecule has 36 heavy (non-hydrogen) atoms. The molecule has 0 aromatic heterocycles. The highest BCUT2D eigenvalue weighted by Crippen LogP contribution is 2.39. The van der Waals surface area contributed by atoms with Gasteiger partial charge in [0.05, 0.1) is 13.1 Å². The minimum Gasteiger partial charge on any atom is -0.318 e. The maximum absolute atomic E-state index is 13.3. The number of thiol groups is 2. The minimum absolute atomic E-state index is 0.148. The van der Waals surface area contributed by atoms with Gasteiger partial charge >= 0.3 is 12.1 Å². The van der Waals surface area contributed by atoms with Crippen LogP contribution in [0, 0.1) is 10.8 Å². The molecule has 2 unspecified atom stereocenters. The van der Waals surface area contributed by atoms with Gasteiger partial charge in [0.1, 0.15) is 16.1 Å². The summed E-state index contributed by atoms with van der Waals surface area (Å²) in [5.41, 5.74) is -0.122. The molecule has 0 N–H and O–H groups in total. The van der Waals surface area contributed by atoms with Crippen molar-refractivity contribution in [3.63, 3.8) is 0 Å². The highest BCUT2D eigenvalue weighted by atomic mass is 32.1. The first-order valence-corrected chi connectivity index (χ1v) is 15.1. The van der Waals surface area contributed by atoms with E-state index in [1.165, 1.54) is 0 Å². The lowest BCUT2D eigenvalue weighted by molar-refractivity contribution is 0.0680. The largest absolute Gasteiger partial charge is 0.327 e. The van der Waals surface area contributed by atoms with Gasteiger partial charge in [-0.3, -0.25) is 9.80 Å². The van der Waals surface area contributed by atoms with E-state index in [9.17, 15) is 9.59 Å². The monoisotopic (exact) mass is 574 g/mol. The number of likely N-dealkylation sites (N-methyl/N-ethyl adjacent to an activating group) is 2. The van der Waals surface area contributed by atoms with E-state index in [4.69, 9.17) is 49.7 Å². The van der Waals surface area contributed by atoms with Crippen molar-refractivity contribution in [1.29, 1.82) is 0 Å². The van der Waals surface area contributed by atoms with Crippen molar-refractivity contribution in [2.24, 2.45) is 10.8 Å². The Hall–Kier alpha value is -0.580. The van der Waals surface area contributed by atoms with Gasteiger partial charge in [0, 0.05) is 29.0 Å². The average molecular weight is 575 g/mol. The molecule has 0 aromatic rings. The van der Waals surface area contributed by atoms with E-state index in [0.717, 1.165) is 38.5 Å². The zero-order valence-corrected chi connectivity index (χ0v) is 26.5. The zero-order valence-electron chi connectivity index (χ0n) is 23.1. The molecule has 0 radical (unpaired) electrons. The van der Waals surface area contributed by atoms with Crippen molar-refractivity contribution in [1.82, 2.24) is 19.6 Å². The number of hydrogen-bond donors (Lipinski definition) is 2. The summed E-state index contributed by atoms with van der Waals surface area (Å²) in [5.74, 6) is 0. The number of amides is 4. The van der Waals surface area contributed by atoms with Crippen molar-refractivity contribution in [3.8, 4) is 0 Å². The number of urea groups is 2. The second kappa shape index (κ2) is 13.0. The van der Waals surface area contributed by atoms with E-state index < -0.39 is 11.6 Å². The third-order valence-electron chi connectivity index (χ3n) is 7.28. The lowest BCUT2D eigenvalue weighted by Crippen LogP contribution is -2.60. The molecule has 2 rings (SSSR count). The first-order valence-electron chi connectivity index (χ1n) is 13.2. The molecule has 0 bridgehead atoms. The molecule has 10 heteroatoms. The molecule has 0 aliphatic carbocycles. The van der Waals surface area contributed by atoms with E-state index in [1.807, 2.05) is 13.8 Å². The molecule has 2 aliphatic heterocycles. The van der Waals surface area contributed by atoms with Gasteiger partial charge in [0.15, 0.2) is 0 Å². The zero-order chi connectivity index (χ0) is 27.4. The topological polar surface area (TPSA) is 47.1 Å². The van der Waals surface area contributed by atoms with E-state index >= 15 is 0 Å². The van der Waals surface area contributed by atoms with Crippen LogP contribution in [-0.2, 0) is 0 Å². The summed E-state index contributed by atoms with van der Waals surface area (Å²) in [6.45, 7) is 16.8. The van der Waals surface area contributed by atoms with Gasteiger partial charge in [0.2, 0.25) is 0 Å². The summed E-state index contributed by atoms with van der Waals surface area (Å²) >= 11 is 21.1. The van der Waals surface area contributed by atoms with Gasteiger partial charge in [0.25, 0.3) is 0 Å². The number of rotatable bonds is 13. The first-order chi connectivity index (χ1) is 16.6. The fourth-order valence-electron chi connectivity index (χ4n) is 4.86. The second-order valence-electron chi connectivity index (χ2n) is 12.0. The Balaban J connectivity index is 2.16. The number of carbonyl (C=O) groups is 2. The smallest absolute Gasteiger partial charge is 0.318 e. The molecule has 206 valence electrons. The number of carbonyl (C=O) groups excluding carboxylic acids is 2. The average Bonchev–Trinajstić information content (AvgIpc) is 3.24. The SMILES string of the molecule is CCN1CC(=S)N(C(N2C(=O)N(CC)CC2=S)C(C)(C)CCC(S)CCC(S)CCC(C)(C)C)C1=O. The molecule has 2 aliphatic rings. The van der Waals surface area contributed by atoms with Crippen LogP contribution in [0.5, 0.6) is 0 Å². The third kappa shape index (κ3) is 7.96. The van der Waals surface area contributed by atoms with Crippen molar-refractivity contribution in [2.75, 3.05) is 26.2 Å². The Labute approximate surface area is 240 Å². The van der Waals surface area contributed by atoms with Crippen molar-refractivity contribution >= 4 is 71.7 Å². The molecule has 0 aromatic carbocycles. The van der Waals surface area contributed by atoms with Gasteiger partial charge in [-0.05, 0) is 57.8 Å². The Morgan fingerprint density at radius 2 is 1.14 bits per heavy atom. The summed E-state index contributed by atoms with van der Waals surface area (Å²) in [6, 6.07) is -0.296. The Bertz CT molecular complexity index is 787. The Morgan fingerprint density at radius 3 is 1.47 bits per heavy atom. The Kier molecular flexibility index (Phi) is 11.4. The fourth-order valence-corrected chi connectivity index (χ4v) is 6.09. The van der Waals surface area contributed by atoms with E-state index in [-0.39, 0.29) is 17.3 Å². The Morgan fingerprint density at radius 1 is 0.750 bits per heavy atom. The van der Waals surface area contributed by atoms with Crippen molar-refractivity contribution in [2.45, 2.75) is 104 Å². The first kappa shape index (κ1) is 31.6. The normalized spacial score (nSPS) is 19.4. The molecule has 2 atom stereocenters. The summed E-state index contributed by atoms with van der Waals surface area (Å²) in [6.07, 6.45) is 5.35. The molecule has 4 amide bonds. The van der Waals surface area contributed by atoms with Crippen LogP contribution in [0.2, 0.25) is 0 Å². The van der Waals surface area contributed by atoms with E-state index in [0.29, 0.717) is 46.8 Å². The summed E-state index contributed by atoms with van der Waals surface area (Å²) in [5, 5.41) is 0.592. The summed E-state index contributed by atoms with van der Waals surface area (Å²) < 4.78 is 0. The predicted octanol–water partition coefficient (Wildman–Crippen LogP) is 6.49. The number of thiocarbonyl (C=S) groups is 2. The number of hydrogen-bond acceptors (Lipinski definition) is 6. The van der Waals surface area contributed by atoms with E-state index in [1.54, 1.807) is 19.6 Å². The molecule has 2 saturated heterocycles. The van der Waals surface area contributed by atoms with Crippen LogP contribution >= 0.6 is 49.7 Å². The van der Waals surface area contributed by atoms with Crippen molar-refractivity contribution in [3.05, 3.63) is 0 Å². The van der Waals surface area contributed by atoms with Crippen LogP contribution in [-0.4, -0.2) is 84.5 Å². The maximum atomic E-state index is 13.3. The highest BCUT2D eigenvalue weighted by molar-refractivity contribution is 7.81. The molecule has 0 spiro atoms. The number of nitrogens with zero attached hydrogens (tertiary/aromatic N) is 4. The van der Waals surface area contributed by atoms with Crippen LogP contribution < -0.4 is 0 Å². The molecule has 0 saturated carbocycles. The third-order valence-corrected chi connectivity index (χ3v) is 8.96. The standard InChI is InChI=1S/C26H46N4O2S4/c1-8-27-16-20(35)29(23(27)31)22(30-21(36)17-28(9-2)24(30)32)26(6,7)15-13-19(34)11-10-18(33)12-14-25(3,4)5/h18-19,22,33-34H,8-17H2,1-7H3. The van der Waals surface area contributed by atoms with Gasteiger partial charge in [-0.25, -0.2) is 9.59 Å². The maximum Gasteiger partial charge on any atom is 0.327 e. The lowest BCUT2D eigenvalue weighted by Gasteiger charge is -2.44. The molecular weight excluding hydrogens is 529 g/mol. The second-order valence-corrected chi connectivity index (χ2v) is 14.4. The summed E-state index contributed by atoms with van der Waals surface area (Å²) in [7, 11) is 0. The van der Waals surface area contributed by atoms with Crippen LogP contribution in [0.1, 0.15) is 87.0 Å². The van der Waals surface area contributed by atoms with E-state index in [2.05, 4.69) is 34.6 Å². The van der Waals surface area contributed by atoms with Crippen LogP contribution in [0.4, 0.5) is 9.59 Å². The minimum atomic E-state index is -0.560. The molecular formula is C26H46N4O2S4. The van der Waals surface area contributed by atoms with Crippen molar-refractivity contribution < 1.29 is 9.59 Å². The fraction of sp³-hybridized carbons (Fsp3) is 0.846.